The summed E-state index contributed by atoms with van der Waals surface area (Å²) in [5.74, 6) is 1.80. The molecule has 13 heavy (non-hydrogen) atoms. The predicted molar refractivity (Wildman–Crippen MR) is 59.4 cm³/mol. The SMILES string of the molecule is CCC(C)(CCCl)NCCC1CC1. The van der Waals surface area contributed by atoms with Crippen LogP contribution in [0.3, 0.4) is 0 Å². The maximum atomic E-state index is 5.78. The van der Waals surface area contributed by atoms with Gasteiger partial charge in [0, 0.05) is 11.4 Å². The molecule has 0 heterocycles. The molecule has 0 radical (unpaired) electrons. The van der Waals surface area contributed by atoms with Crippen molar-refractivity contribution in [3.05, 3.63) is 0 Å². The second-order valence-corrected chi connectivity index (χ2v) is 4.89. The van der Waals surface area contributed by atoms with Crippen LogP contribution in [-0.4, -0.2) is 18.0 Å². The van der Waals surface area contributed by atoms with E-state index in [0.29, 0.717) is 0 Å². The van der Waals surface area contributed by atoms with E-state index in [2.05, 4.69) is 19.2 Å². The molecular formula is C11H22ClN. The molecule has 0 spiro atoms. The number of hydrogen-bond donors (Lipinski definition) is 1. The van der Waals surface area contributed by atoms with Crippen LogP contribution in [0.2, 0.25) is 0 Å². The Kier molecular flexibility index (Phi) is 4.54. The van der Waals surface area contributed by atoms with Crippen molar-refractivity contribution in [3.8, 4) is 0 Å². The molecule has 78 valence electrons. The maximum Gasteiger partial charge on any atom is 0.0240 e. The topological polar surface area (TPSA) is 12.0 Å². The zero-order valence-corrected chi connectivity index (χ0v) is 9.66. The maximum absolute atomic E-state index is 5.78. The molecule has 0 bridgehead atoms. The molecule has 0 aromatic rings. The van der Waals surface area contributed by atoms with Crippen LogP contribution in [0.4, 0.5) is 0 Å². The largest absolute Gasteiger partial charge is 0.311 e. The Morgan fingerprint density at radius 3 is 2.62 bits per heavy atom. The van der Waals surface area contributed by atoms with Crippen LogP contribution in [0.1, 0.15) is 46.0 Å². The average molecular weight is 204 g/mol. The number of nitrogens with one attached hydrogen (secondary N) is 1. The summed E-state index contributed by atoms with van der Waals surface area (Å²) in [5.41, 5.74) is 0.274. The van der Waals surface area contributed by atoms with Gasteiger partial charge in [-0.25, -0.2) is 0 Å². The minimum atomic E-state index is 0.274. The van der Waals surface area contributed by atoms with Crippen LogP contribution in [-0.2, 0) is 0 Å². The Balaban J connectivity index is 2.12. The van der Waals surface area contributed by atoms with Crippen LogP contribution < -0.4 is 5.32 Å². The smallest absolute Gasteiger partial charge is 0.0240 e. The van der Waals surface area contributed by atoms with Gasteiger partial charge in [-0.15, -0.1) is 11.6 Å². The van der Waals surface area contributed by atoms with Gasteiger partial charge in [-0.3, -0.25) is 0 Å². The third-order valence-electron chi connectivity index (χ3n) is 3.23. The van der Waals surface area contributed by atoms with Crippen molar-refractivity contribution < 1.29 is 0 Å². The highest BCUT2D eigenvalue weighted by Gasteiger charge is 2.24. The highest BCUT2D eigenvalue weighted by atomic mass is 35.5. The van der Waals surface area contributed by atoms with Crippen molar-refractivity contribution in [3.63, 3.8) is 0 Å². The highest BCUT2D eigenvalue weighted by molar-refractivity contribution is 6.17. The van der Waals surface area contributed by atoms with E-state index in [4.69, 9.17) is 11.6 Å². The van der Waals surface area contributed by atoms with Crippen LogP contribution in [0.5, 0.6) is 0 Å². The first-order valence-electron chi connectivity index (χ1n) is 5.51. The minimum absolute atomic E-state index is 0.274. The number of hydrogen-bond acceptors (Lipinski definition) is 1. The van der Waals surface area contributed by atoms with Gasteiger partial charge < -0.3 is 5.32 Å². The summed E-state index contributed by atoms with van der Waals surface area (Å²) in [5, 5.41) is 3.63. The number of alkyl halides is 1. The van der Waals surface area contributed by atoms with Crippen molar-refractivity contribution in [1.29, 1.82) is 0 Å². The van der Waals surface area contributed by atoms with Crippen LogP contribution >= 0.6 is 11.6 Å². The van der Waals surface area contributed by atoms with Gasteiger partial charge >= 0.3 is 0 Å². The summed E-state index contributed by atoms with van der Waals surface area (Å²) < 4.78 is 0. The van der Waals surface area contributed by atoms with E-state index in [1.165, 1.54) is 32.2 Å². The molecule has 1 fully saturated rings. The molecular weight excluding hydrogens is 182 g/mol. The molecule has 1 nitrogen and oxygen atoms in total. The van der Waals surface area contributed by atoms with Gasteiger partial charge in [0.15, 0.2) is 0 Å². The molecule has 0 aromatic carbocycles. The van der Waals surface area contributed by atoms with E-state index in [-0.39, 0.29) is 5.54 Å². The molecule has 0 amide bonds. The Bertz CT molecular complexity index is 145. The van der Waals surface area contributed by atoms with E-state index < -0.39 is 0 Å². The lowest BCUT2D eigenvalue weighted by molar-refractivity contribution is 0.329. The molecule has 1 unspecified atom stereocenters. The van der Waals surface area contributed by atoms with Gasteiger partial charge in [0.05, 0.1) is 0 Å². The van der Waals surface area contributed by atoms with E-state index >= 15 is 0 Å². The second-order valence-electron chi connectivity index (χ2n) is 4.51. The number of rotatable bonds is 7. The highest BCUT2D eigenvalue weighted by Crippen LogP contribution is 2.32. The molecule has 1 saturated carbocycles. The summed E-state index contributed by atoms with van der Waals surface area (Å²) in [6, 6.07) is 0. The van der Waals surface area contributed by atoms with Gasteiger partial charge in [-0.2, -0.15) is 0 Å². The quantitative estimate of drug-likeness (QED) is 0.627. The van der Waals surface area contributed by atoms with Crippen LogP contribution in [0.15, 0.2) is 0 Å². The van der Waals surface area contributed by atoms with Crippen molar-refractivity contribution >= 4 is 11.6 Å². The Morgan fingerprint density at radius 1 is 1.46 bits per heavy atom. The molecule has 1 aliphatic carbocycles. The first-order valence-corrected chi connectivity index (χ1v) is 6.04. The molecule has 1 atom stereocenters. The second kappa shape index (κ2) is 5.21. The Labute approximate surface area is 87.2 Å². The predicted octanol–water partition coefficient (Wildman–Crippen LogP) is 3.17. The lowest BCUT2D eigenvalue weighted by atomic mass is 9.95. The molecule has 1 N–H and O–H groups in total. The summed E-state index contributed by atoms with van der Waals surface area (Å²) in [6.45, 7) is 5.69. The fourth-order valence-electron chi connectivity index (χ4n) is 1.58. The van der Waals surface area contributed by atoms with Crippen molar-refractivity contribution in [2.45, 2.75) is 51.5 Å². The Morgan fingerprint density at radius 2 is 2.15 bits per heavy atom. The lowest BCUT2D eigenvalue weighted by Gasteiger charge is -2.29. The van der Waals surface area contributed by atoms with Gasteiger partial charge in [-0.05, 0) is 38.6 Å². The molecule has 1 aliphatic rings. The van der Waals surface area contributed by atoms with Gasteiger partial charge in [0.1, 0.15) is 0 Å². The molecule has 0 saturated heterocycles. The summed E-state index contributed by atoms with van der Waals surface area (Å²) in [6.07, 6.45) is 6.53. The molecule has 1 rings (SSSR count). The van der Waals surface area contributed by atoms with Crippen molar-refractivity contribution in [2.75, 3.05) is 12.4 Å². The van der Waals surface area contributed by atoms with Crippen LogP contribution in [0, 0.1) is 5.92 Å². The summed E-state index contributed by atoms with van der Waals surface area (Å²) in [7, 11) is 0. The number of halogens is 1. The fraction of sp³-hybridized carbons (Fsp3) is 1.00. The zero-order chi connectivity index (χ0) is 9.73. The average Bonchev–Trinajstić information content (AvgIpc) is 2.89. The van der Waals surface area contributed by atoms with Gasteiger partial charge in [-0.1, -0.05) is 19.8 Å². The van der Waals surface area contributed by atoms with E-state index in [1.807, 2.05) is 0 Å². The summed E-state index contributed by atoms with van der Waals surface area (Å²) in [4.78, 5) is 0. The molecule has 0 aromatic heterocycles. The molecule has 0 aliphatic heterocycles. The lowest BCUT2D eigenvalue weighted by Crippen LogP contribution is -2.42. The van der Waals surface area contributed by atoms with Crippen molar-refractivity contribution in [2.24, 2.45) is 5.92 Å². The van der Waals surface area contributed by atoms with Gasteiger partial charge in [0.2, 0.25) is 0 Å². The van der Waals surface area contributed by atoms with Crippen molar-refractivity contribution in [1.82, 2.24) is 5.32 Å². The standard InChI is InChI=1S/C11H22ClN/c1-3-11(2,7-8-12)13-9-6-10-4-5-10/h10,13H,3-9H2,1-2H3. The zero-order valence-electron chi connectivity index (χ0n) is 8.91. The van der Waals surface area contributed by atoms with E-state index in [9.17, 15) is 0 Å². The first-order chi connectivity index (χ1) is 6.20. The first kappa shape index (κ1) is 11.3. The van der Waals surface area contributed by atoms with E-state index in [1.54, 1.807) is 0 Å². The monoisotopic (exact) mass is 203 g/mol. The van der Waals surface area contributed by atoms with Gasteiger partial charge in [0.25, 0.3) is 0 Å². The summed E-state index contributed by atoms with van der Waals surface area (Å²) >= 11 is 5.78. The van der Waals surface area contributed by atoms with Crippen LogP contribution in [0.25, 0.3) is 0 Å². The molecule has 2 heteroatoms. The third kappa shape index (κ3) is 4.33. The fourth-order valence-corrected chi connectivity index (χ4v) is 2.00. The minimum Gasteiger partial charge on any atom is -0.311 e. The Hall–Kier alpha value is 0.250. The third-order valence-corrected chi connectivity index (χ3v) is 3.42. The van der Waals surface area contributed by atoms with E-state index in [0.717, 1.165) is 18.2 Å². The normalized spacial score (nSPS) is 21.5.